The van der Waals surface area contributed by atoms with Crippen molar-refractivity contribution in [3.05, 3.63) is 17.0 Å². The summed E-state index contributed by atoms with van der Waals surface area (Å²) in [6.45, 7) is 10.1. The van der Waals surface area contributed by atoms with Crippen LogP contribution in [0.2, 0.25) is 5.15 Å². The minimum Gasteiger partial charge on any atom is -0.353 e. The Morgan fingerprint density at radius 1 is 1.33 bits per heavy atom. The van der Waals surface area contributed by atoms with E-state index in [0.717, 1.165) is 24.3 Å². The first-order chi connectivity index (χ1) is 8.54. The smallest absolute Gasteiger partial charge is 0.137 e. The number of hydrogen-bond donors (Lipinski definition) is 0. The number of nitrogens with zero attached hydrogens (tertiary/aromatic N) is 3. The summed E-state index contributed by atoms with van der Waals surface area (Å²) in [6.07, 6.45) is 3.74. The van der Waals surface area contributed by atoms with E-state index in [1.807, 2.05) is 0 Å². The van der Waals surface area contributed by atoms with Gasteiger partial charge in [0.1, 0.15) is 17.3 Å². The van der Waals surface area contributed by atoms with Crippen molar-refractivity contribution >= 4 is 17.4 Å². The molecule has 1 aromatic rings. The van der Waals surface area contributed by atoms with Gasteiger partial charge in [-0.2, -0.15) is 0 Å². The van der Waals surface area contributed by atoms with E-state index in [1.54, 1.807) is 6.33 Å². The Kier molecular flexibility index (Phi) is 4.10. The van der Waals surface area contributed by atoms with Crippen LogP contribution in [0, 0.1) is 11.8 Å². The Bertz CT molecular complexity index is 422. The van der Waals surface area contributed by atoms with E-state index in [9.17, 15) is 0 Å². The monoisotopic (exact) mass is 267 g/mol. The van der Waals surface area contributed by atoms with Crippen LogP contribution in [0.1, 0.15) is 39.7 Å². The molecule has 0 aliphatic carbocycles. The van der Waals surface area contributed by atoms with Crippen molar-refractivity contribution in [3.8, 4) is 0 Å². The molecule has 1 aliphatic rings. The normalized spacial score (nSPS) is 28.5. The van der Waals surface area contributed by atoms with Crippen LogP contribution in [0.5, 0.6) is 0 Å². The van der Waals surface area contributed by atoms with E-state index in [0.29, 0.717) is 23.0 Å². The maximum atomic E-state index is 6.19. The van der Waals surface area contributed by atoms with Crippen molar-refractivity contribution < 1.29 is 0 Å². The molecule has 2 heterocycles. The molecule has 1 saturated heterocycles. The average Bonchev–Trinajstić information content (AvgIpc) is 2.33. The lowest BCUT2D eigenvalue weighted by Gasteiger charge is -2.42. The minimum absolute atomic E-state index is 0.512. The van der Waals surface area contributed by atoms with Gasteiger partial charge >= 0.3 is 0 Å². The molecule has 0 amide bonds. The van der Waals surface area contributed by atoms with Gasteiger partial charge in [0.05, 0.1) is 0 Å². The average molecular weight is 268 g/mol. The second kappa shape index (κ2) is 5.43. The SMILES string of the molecule is CCc1c(Cl)ncnc1N1CC(C)CC(C)C1C. The van der Waals surface area contributed by atoms with Crippen molar-refractivity contribution in [1.29, 1.82) is 0 Å². The van der Waals surface area contributed by atoms with E-state index in [2.05, 4.69) is 42.6 Å². The van der Waals surface area contributed by atoms with Crippen LogP contribution in [0.25, 0.3) is 0 Å². The molecule has 2 rings (SSSR count). The van der Waals surface area contributed by atoms with Gasteiger partial charge in [0, 0.05) is 18.2 Å². The van der Waals surface area contributed by atoms with Gasteiger partial charge in [0.2, 0.25) is 0 Å². The van der Waals surface area contributed by atoms with Crippen LogP contribution in [0.4, 0.5) is 5.82 Å². The summed E-state index contributed by atoms with van der Waals surface area (Å²) in [5.41, 5.74) is 1.08. The lowest BCUT2D eigenvalue weighted by Crippen LogP contribution is -2.46. The number of halogens is 1. The van der Waals surface area contributed by atoms with Gasteiger partial charge in [0.15, 0.2) is 0 Å². The highest BCUT2D eigenvalue weighted by atomic mass is 35.5. The molecule has 1 fully saturated rings. The molecule has 0 spiro atoms. The fourth-order valence-electron chi connectivity index (χ4n) is 2.93. The number of rotatable bonds is 2. The van der Waals surface area contributed by atoms with E-state index in [-0.39, 0.29) is 0 Å². The minimum atomic E-state index is 0.512. The molecule has 3 unspecified atom stereocenters. The molecule has 4 heteroatoms. The van der Waals surface area contributed by atoms with Crippen molar-refractivity contribution in [3.63, 3.8) is 0 Å². The Labute approximate surface area is 115 Å². The highest BCUT2D eigenvalue weighted by molar-refractivity contribution is 6.30. The van der Waals surface area contributed by atoms with Crippen molar-refractivity contribution in [2.45, 2.75) is 46.6 Å². The predicted molar refractivity (Wildman–Crippen MR) is 76.2 cm³/mol. The van der Waals surface area contributed by atoms with Crippen LogP contribution in [0.3, 0.4) is 0 Å². The molecule has 100 valence electrons. The molecular weight excluding hydrogens is 246 g/mol. The third-order valence-electron chi connectivity index (χ3n) is 4.09. The summed E-state index contributed by atoms with van der Waals surface area (Å²) in [5, 5.41) is 0.598. The predicted octanol–water partition coefficient (Wildman–Crippen LogP) is 3.56. The summed E-state index contributed by atoms with van der Waals surface area (Å²) >= 11 is 6.19. The van der Waals surface area contributed by atoms with Gasteiger partial charge in [0.25, 0.3) is 0 Å². The van der Waals surface area contributed by atoms with Gasteiger partial charge in [-0.1, -0.05) is 32.4 Å². The zero-order valence-electron chi connectivity index (χ0n) is 11.7. The van der Waals surface area contributed by atoms with Gasteiger partial charge in [-0.15, -0.1) is 0 Å². The third-order valence-corrected chi connectivity index (χ3v) is 4.42. The molecule has 0 aromatic carbocycles. The lowest BCUT2D eigenvalue weighted by atomic mass is 9.86. The molecule has 3 nitrogen and oxygen atoms in total. The van der Waals surface area contributed by atoms with Crippen LogP contribution in [0.15, 0.2) is 6.33 Å². The molecular formula is C14H22ClN3. The summed E-state index contributed by atoms with van der Waals surface area (Å²) in [5.74, 6) is 2.42. The number of anilines is 1. The maximum Gasteiger partial charge on any atom is 0.137 e. The van der Waals surface area contributed by atoms with E-state index >= 15 is 0 Å². The van der Waals surface area contributed by atoms with Crippen molar-refractivity contribution in [2.75, 3.05) is 11.4 Å². The summed E-state index contributed by atoms with van der Waals surface area (Å²) in [7, 11) is 0. The van der Waals surface area contributed by atoms with Gasteiger partial charge in [-0.05, 0) is 31.6 Å². The topological polar surface area (TPSA) is 29.0 Å². The zero-order valence-corrected chi connectivity index (χ0v) is 12.4. The van der Waals surface area contributed by atoms with Crippen molar-refractivity contribution in [1.82, 2.24) is 9.97 Å². The van der Waals surface area contributed by atoms with Gasteiger partial charge in [-0.3, -0.25) is 0 Å². The number of hydrogen-bond acceptors (Lipinski definition) is 3. The van der Waals surface area contributed by atoms with E-state index in [4.69, 9.17) is 11.6 Å². The maximum absolute atomic E-state index is 6.19. The summed E-state index contributed by atoms with van der Waals surface area (Å²) in [6, 6.07) is 0.512. The zero-order chi connectivity index (χ0) is 13.3. The van der Waals surface area contributed by atoms with Crippen LogP contribution < -0.4 is 4.90 Å². The van der Waals surface area contributed by atoms with Gasteiger partial charge in [-0.25, -0.2) is 9.97 Å². The fraction of sp³-hybridized carbons (Fsp3) is 0.714. The number of piperidine rings is 1. The van der Waals surface area contributed by atoms with Gasteiger partial charge < -0.3 is 4.90 Å². The molecule has 0 radical (unpaired) electrons. The quantitative estimate of drug-likeness (QED) is 0.767. The summed E-state index contributed by atoms with van der Waals surface area (Å²) in [4.78, 5) is 11.0. The lowest BCUT2D eigenvalue weighted by molar-refractivity contribution is 0.295. The molecule has 1 aliphatic heterocycles. The fourth-order valence-corrected chi connectivity index (χ4v) is 3.19. The highest BCUT2D eigenvalue weighted by Gasteiger charge is 2.31. The molecule has 0 bridgehead atoms. The standard InChI is InChI=1S/C14H22ClN3/c1-5-12-13(15)16-8-17-14(12)18-7-9(2)6-10(3)11(18)4/h8-11H,5-7H2,1-4H3. The van der Waals surface area contributed by atoms with Crippen molar-refractivity contribution in [2.24, 2.45) is 11.8 Å². The largest absolute Gasteiger partial charge is 0.353 e. The molecule has 18 heavy (non-hydrogen) atoms. The first-order valence-corrected chi connectivity index (χ1v) is 7.18. The first-order valence-electron chi connectivity index (χ1n) is 6.80. The Morgan fingerprint density at radius 2 is 2.06 bits per heavy atom. The first kappa shape index (κ1) is 13.6. The number of aromatic nitrogens is 2. The third kappa shape index (κ3) is 2.46. The van der Waals surface area contributed by atoms with Crippen LogP contribution in [-0.2, 0) is 6.42 Å². The second-order valence-corrected chi connectivity index (χ2v) is 5.89. The Morgan fingerprint density at radius 3 is 2.72 bits per heavy atom. The van der Waals surface area contributed by atoms with Crippen LogP contribution in [-0.4, -0.2) is 22.6 Å². The van der Waals surface area contributed by atoms with E-state index in [1.165, 1.54) is 6.42 Å². The Hall–Kier alpha value is -0.830. The second-order valence-electron chi connectivity index (χ2n) is 5.53. The van der Waals surface area contributed by atoms with E-state index < -0.39 is 0 Å². The highest BCUT2D eigenvalue weighted by Crippen LogP contribution is 2.33. The molecule has 0 saturated carbocycles. The molecule has 0 N–H and O–H groups in total. The Balaban J connectivity index is 2.38. The van der Waals surface area contributed by atoms with Crippen LogP contribution >= 0.6 is 11.6 Å². The summed E-state index contributed by atoms with van der Waals surface area (Å²) < 4.78 is 0. The molecule has 3 atom stereocenters. The molecule has 1 aromatic heterocycles.